The van der Waals surface area contributed by atoms with Crippen LogP contribution in [0.4, 0.5) is 0 Å². The highest BCUT2D eigenvalue weighted by molar-refractivity contribution is 5.95. The van der Waals surface area contributed by atoms with E-state index in [1.54, 1.807) is 19.9 Å². The summed E-state index contributed by atoms with van der Waals surface area (Å²) in [5.74, 6) is -2.39. The summed E-state index contributed by atoms with van der Waals surface area (Å²) >= 11 is 0. The van der Waals surface area contributed by atoms with Crippen LogP contribution in [0.2, 0.25) is 0 Å². The molecular weight excluding hydrogens is 376 g/mol. The molecule has 2 saturated carbocycles. The molecule has 29 heavy (non-hydrogen) atoms. The number of carbonyl (C=O) groups excluding carboxylic acids is 2. The fourth-order valence-corrected chi connectivity index (χ4v) is 6.99. The highest BCUT2D eigenvalue weighted by atomic mass is 16.6. The molecule has 4 rings (SSSR count). The van der Waals surface area contributed by atoms with Crippen molar-refractivity contribution in [3.63, 3.8) is 0 Å². The van der Waals surface area contributed by atoms with E-state index in [1.165, 1.54) is 13.0 Å². The number of Topliss-reactive ketones (excluding diaryl/α,β-unsaturated/α-hetero) is 1. The van der Waals surface area contributed by atoms with Crippen molar-refractivity contribution < 1.29 is 34.8 Å². The van der Waals surface area contributed by atoms with Crippen LogP contribution in [0.3, 0.4) is 0 Å². The van der Waals surface area contributed by atoms with Crippen LogP contribution in [0.1, 0.15) is 41.0 Å². The highest BCUT2D eigenvalue weighted by Gasteiger charge is 2.83. The highest BCUT2D eigenvalue weighted by Crippen LogP contribution is 2.75. The average Bonchev–Trinajstić information content (AvgIpc) is 3.03. The van der Waals surface area contributed by atoms with Gasteiger partial charge in [-0.2, -0.15) is 0 Å². The Labute approximate surface area is 170 Å². The van der Waals surface area contributed by atoms with Crippen molar-refractivity contribution in [1.82, 2.24) is 0 Å². The number of aliphatic hydroxyl groups excluding tert-OH is 3. The summed E-state index contributed by atoms with van der Waals surface area (Å²) in [4.78, 5) is 26.0. The van der Waals surface area contributed by atoms with Gasteiger partial charge in [0.1, 0.15) is 23.4 Å². The van der Waals surface area contributed by atoms with Crippen LogP contribution in [0, 0.1) is 28.6 Å². The second-order valence-corrected chi connectivity index (χ2v) is 9.97. The Kier molecular flexibility index (Phi) is 4.13. The normalized spacial score (nSPS) is 49.8. The molecule has 0 radical (unpaired) electrons. The lowest BCUT2D eigenvalue weighted by Crippen LogP contribution is -2.65. The van der Waals surface area contributed by atoms with Gasteiger partial charge in [0.25, 0.3) is 0 Å². The van der Waals surface area contributed by atoms with Gasteiger partial charge in [0.05, 0.1) is 12.0 Å². The molecule has 0 amide bonds. The van der Waals surface area contributed by atoms with E-state index in [0.29, 0.717) is 12.0 Å². The van der Waals surface area contributed by atoms with Gasteiger partial charge in [-0.25, -0.2) is 0 Å². The van der Waals surface area contributed by atoms with Crippen molar-refractivity contribution in [2.45, 2.75) is 64.4 Å². The van der Waals surface area contributed by atoms with Crippen LogP contribution in [0.5, 0.6) is 0 Å². The number of fused-ring (bicyclic) bond motifs is 3. The first-order valence-electron chi connectivity index (χ1n) is 10.2. The summed E-state index contributed by atoms with van der Waals surface area (Å²) in [6.45, 7) is 8.09. The Hall–Kier alpha value is -1.54. The van der Waals surface area contributed by atoms with Crippen molar-refractivity contribution >= 4 is 11.8 Å². The molecule has 4 aliphatic rings. The first-order valence-corrected chi connectivity index (χ1v) is 10.2. The van der Waals surface area contributed by atoms with Gasteiger partial charge in [0.15, 0.2) is 5.78 Å². The molecule has 2 bridgehead atoms. The summed E-state index contributed by atoms with van der Waals surface area (Å²) in [7, 11) is 0. The third-order valence-electron chi connectivity index (χ3n) is 8.38. The minimum Gasteiger partial charge on any atom is -0.458 e. The van der Waals surface area contributed by atoms with Crippen molar-refractivity contribution in [2.24, 2.45) is 28.6 Å². The van der Waals surface area contributed by atoms with Crippen LogP contribution < -0.4 is 0 Å². The summed E-state index contributed by atoms with van der Waals surface area (Å²) in [5.41, 5.74) is -4.63. The van der Waals surface area contributed by atoms with Crippen LogP contribution in [0.25, 0.3) is 0 Å². The van der Waals surface area contributed by atoms with Gasteiger partial charge >= 0.3 is 5.97 Å². The van der Waals surface area contributed by atoms with E-state index < -0.39 is 58.7 Å². The van der Waals surface area contributed by atoms with E-state index in [-0.39, 0.29) is 17.3 Å². The molecule has 4 N–H and O–H groups in total. The second kappa shape index (κ2) is 5.78. The molecule has 0 aromatic carbocycles. The number of carbonyl (C=O) groups is 2. The minimum absolute atomic E-state index is 0.100. The molecule has 0 aliphatic heterocycles. The predicted molar refractivity (Wildman–Crippen MR) is 102 cm³/mol. The molecule has 4 aliphatic carbocycles. The fraction of sp³-hybridized carbons (Fsp3) is 0.727. The molecular formula is C22H30O7. The Morgan fingerprint density at radius 2 is 1.90 bits per heavy atom. The zero-order chi connectivity index (χ0) is 21.7. The van der Waals surface area contributed by atoms with Crippen LogP contribution in [-0.4, -0.2) is 62.2 Å². The van der Waals surface area contributed by atoms with Crippen molar-refractivity contribution in [3.8, 4) is 0 Å². The minimum atomic E-state index is -2.20. The SMILES string of the molecule is CC(=O)O[C@@]12C[C@@H](C)[C@]34C=C(C)[C@H](O)[C@@]3(O)[C@H](O)C(CO)=C[C@H](C4=O)[C@@H]1C2(C)C. The van der Waals surface area contributed by atoms with Gasteiger partial charge in [0.2, 0.25) is 0 Å². The molecule has 0 aromatic heterocycles. The van der Waals surface area contributed by atoms with E-state index >= 15 is 0 Å². The number of esters is 1. The Balaban J connectivity index is 2.01. The molecule has 0 aromatic rings. The van der Waals surface area contributed by atoms with Crippen molar-refractivity contribution in [2.75, 3.05) is 6.61 Å². The molecule has 0 saturated heterocycles. The zero-order valence-electron chi connectivity index (χ0n) is 17.5. The van der Waals surface area contributed by atoms with Crippen molar-refractivity contribution in [1.29, 1.82) is 0 Å². The Bertz CT molecular complexity index is 857. The van der Waals surface area contributed by atoms with Crippen LogP contribution >= 0.6 is 0 Å². The third-order valence-corrected chi connectivity index (χ3v) is 8.38. The first-order chi connectivity index (χ1) is 13.3. The lowest BCUT2D eigenvalue weighted by molar-refractivity contribution is -0.191. The standard InChI is InChI=1S/C22H30O7/c1-10-7-20-11(2)8-21(29-12(3)24)15(19(21,4)5)14(18(20)27)6-13(9-23)17(26)22(20,28)16(10)25/h6-7,11,14-17,23,25-26,28H,8-9H2,1-5H3/t11-,14+,15-,16+,17-,20+,21+,22-/m1/s1. The number of hydrogen-bond acceptors (Lipinski definition) is 7. The van der Waals surface area contributed by atoms with Gasteiger partial charge in [-0.1, -0.05) is 32.9 Å². The lowest BCUT2D eigenvalue weighted by Gasteiger charge is -2.48. The monoisotopic (exact) mass is 406 g/mol. The number of ether oxygens (including phenoxy) is 1. The smallest absolute Gasteiger partial charge is 0.303 e. The maximum atomic E-state index is 14.0. The van der Waals surface area contributed by atoms with E-state index in [9.17, 15) is 30.0 Å². The Morgan fingerprint density at radius 3 is 2.45 bits per heavy atom. The summed E-state index contributed by atoms with van der Waals surface area (Å²) in [6.07, 6.45) is 0.381. The maximum Gasteiger partial charge on any atom is 0.303 e. The zero-order valence-corrected chi connectivity index (χ0v) is 17.5. The molecule has 7 heteroatoms. The van der Waals surface area contributed by atoms with Gasteiger partial charge < -0.3 is 25.2 Å². The second-order valence-electron chi connectivity index (χ2n) is 9.97. The van der Waals surface area contributed by atoms with Gasteiger partial charge in [-0.3, -0.25) is 9.59 Å². The quantitative estimate of drug-likeness (QED) is 0.389. The first kappa shape index (κ1) is 20.7. The summed E-state index contributed by atoms with van der Waals surface area (Å²) in [6, 6.07) is 0. The molecule has 0 unspecified atom stereocenters. The fourth-order valence-electron chi connectivity index (χ4n) is 6.99. The van der Waals surface area contributed by atoms with E-state index in [4.69, 9.17) is 4.74 Å². The van der Waals surface area contributed by atoms with Gasteiger partial charge in [0, 0.05) is 24.2 Å². The molecule has 7 nitrogen and oxygen atoms in total. The summed E-state index contributed by atoms with van der Waals surface area (Å²) < 4.78 is 5.83. The largest absolute Gasteiger partial charge is 0.458 e. The number of hydrogen-bond donors (Lipinski definition) is 4. The van der Waals surface area contributed by atoms with E-state index in [2.05, 4.69) is 0 Å². The predicted octanol–water partition coefficient (Wildman–Crippen LogP) is 0.501. The number of aliphatic hydroxyl groups is 4. The van der Waals surface area contributed by atoms with Gasteiger partial charge in [-0.05, 0) is 30.4 Å². The molecule has 160 valence electrons. The third kappa shape index (κ3) is 2.07. The van der Waals surface area contributed by atoms with E-state index in [1.807, 2.05) is 13.8 Å². The number of rotatable bonds is 2. The molecule has 2 fully saturated rings. The topological polar surface area (TPSA) is 124 Å². The van der Waals surface area contributed by atoms with Crippen LogP contribution in [-0.2, 0) is 14.3 Å². The molecule has 0 heterocycles. The summed E-state index contributed by atoms with van der Waals surface area (Å²) in [5, 5.41) is 43.6. The Morgan fingerprint density at radius 1 is 1.28 bits per heavy atom. The average molecular weight is 406 g/mol. The molecule has 8 atom stereocenters. The van der Waals surface area contributed by atoms with Crippen LogP contribution in [0.15, 0.2) is 23.3 Å². The maximum absolute atomic E-state index is 14.0. The number of allylic oxidation sites excluding steroid dienone is 1. The number of ketones is 1. The van der Waals surface area contributed by atoms with Crippen molar-refractivity contribution in [3.05, 3.63) is 23.3 Å². The van der Waals surface area contributed by atoms with Gasteiger partial charge in [-0.15, -0.1) is 0 Å². The lowest BCUT2D eigenvalue weighted by atomic mass is 9.59. The van der Waals surface area contributed by atoms with E-state index in [0.717, 1.165) is 0 Å². The molecule has 1 spiro atoms.